The molecule has 0 radical (unpaired) electrons. The Balaban J connectivity index is 0. The van der Waals surface area contributed by atoms with Crippen LogP contribution in [0.1, 0.15) is 20.8 Å². The van der Waals surface area contributed by atoms with Crippen molar-refractivity contribution in [3.63, 3.8) is 0 Å². The highest BCUT2D eigenvalue weighted by atomic mass is 16.4. The molecule has 0 aromatic rings. The third kappa shape index (κ3) is 5.73. The highest BCUT2D eigenvalue weighted by Gasteiger charge is 2.06. The highest BCUT2D eigenvalue weighted by molar-refractivity contribution is 5.91. The Kier molecular flexibility index (Phi) is 9.27. The Morgan fingerprint density at radius 3 is 2.15 bits per heavy atom. The molecular formula is C10H17NO2. The SMILES string of the molecule is C=C/C=C(N)\C(=C/C)C(=O)O.CC. The molecule has 74 valence electrons. The van der Waals surface area contributed by atoms with E-state index in [1.54, 1.807) is 6.92 Å². The van der Waals surface area contributed by atoms with Gasteiger partial charge in [-0.1, -0.05) is 32.6 Å². The van der Waals surface area contributed by atoms with Crippen LogP contribution in [0.25, 0.3) is 0 Å². The lowest BCUT2D eigenvalue weighted by Gasteiger charge is -1.98. The Morgan fingerprint density at radius 1 is 1.46 bits per heavy atom. The van der Waals surface area contributed by atoms with Crippen molar-refractivity contribution >= 4 is 5.97 Å². The summed E-state index contributed by atoms with van der Waals surface area (Å²) in [4.78, 5) is 10.4. The molecule has 3 nitrogen and oxygen atoms in total. The van der Waals surface area contributed by atoms with Crippen LogP contribution in [-0.2, 0) is 4.79 Å². The van der Waals surface area contributed by atoms with Gasteiger partial charge < -0.3 is 10.8 Å². The van der Waals surface area contributed by atoms with E-state index in [4.69, 9.17) is 10.8 Å². The van der Waals surface area contributed by atoms with Gasteiger partial charge in [-0.05, 0) is 13.0 Å². The van der Waals surface area contributed by atoms with Crippen LogP contribution in [0, 0.1) is 0 Å². The summed E-state index contributed by atoms with van der Waals surface area (Å²) in [6.45, 7) is 9.02. The van der Waals surface area contributed by atoms with Crippen molar-refractivity contribution in [3.05, 3.63) is 36.1 Å². The minimum atomic E-state index is -1.02. The van der Waals surface area contributed by atoms with Gasteiger partial charge in [0.15, 0.2) is 0 Å². The zero-order valence-electron chi connectivity index (χ0n) is 8.37. The van der Waals surface area contributed by atoms with Crippen LogP contribution in [-0.4, -0.2) is 11.1 Å². The van der Waals surface area contributed by atoms with E-state index < -0.39 is 5.97 Å². The van der Waals surface area contributed by atoms with E-state index in [9.17, 15) is 4.79 Å². The van der Waals surface area contributed by atoms with Gasteiger partial charge in [-0.3, -0.25) is 0 Å². The number of hydrogen-bond donors (Lipinski definition) is 2. The second-order valence-electron chi connectivity index (χ2n) is 1.87. The normalized spacial score (nSPS) is 11.3. The Bertz CT molecular complexity index is 227. The number of carbonyl (C=O) groups is 1. The molecule has 0 atom stereocenters. The first-order valence-electron chi connectivity index (χ1n) is 4.11. The number of carboxylic acids is 1. The van der Waals surface area contributed by atoms with Crippen LogP contribution in [0.4, 0.5) is 0 Å². The average Bonchev–Trinajstić information content (AvgIpc) is 2.09. The van der Waals surface area contributed by atoms with Crippen molar-refractivity contribution < 1.29 is 9.90 Å². The van der Waals surface area contributed by atoms with E-state index in [2.05, 4.69) is 6.58 Å². The lowest BCUT2D eigenvalue weighted by molar-refractivity contribution is -0.132. The topological polar surface area (TPSA) is 63.3 Å². The molecule has 0 aliphatic rings. The molecule has 3 heteroatoms. The van der Waals surface area contributed by atoms with Crippen molar-refractivity contribution in [2.75, 3.05) is 0 Å². The van der Waals surface area contributed by atoms with E-state index in [1.807, 2.05) is 13.8 Å². The number of rotatable bonds is 3. The molecular weight excluding hydrogens is 166 g/mol. The number of carboxylic acid groups (broad SMARTS) is 1. The van der Waals surface area contributed by atoms with E-state index in [1.165, 1.54) is 18.2 Å². The fraction of sp³-hybridized carbons (Fsp3) is 0.300. The maximum Gasteiger partial charge on any atom is 0.337 e. The van der Waals surface area contributed by atoms with E-state index in [-0.39, 0.29) is 11.3 Å². The van der Waals surface area contributed by atoms with Gasteiger partial charge in [0.2, 0.25) is 0 Å². The van der Waals surface area contributed by atoms with Crippen LogP contribution < -0.4 is 5.73 Å². The second kappa shape index (κ2) is 8.59. The number of aliphatic carboxylic acids is 1. The molecule has 0 rings (SSSR count). The summed E-state index contributed by atoms with van der Waals surface area (Å²) in [5, 5.41) is 8.55. The van der Waals surface area contributed by atoms with E-state index in [0.717, 1.165) is 0 Å². The van der Waals surface area contributed by atoms with Gasteiger partial charge in [0.05, 0.1) is 5.57 Å². The molecule has 3 N–H and O–H groups in total. The number of allylic oxidation sites excluding steroid dienone is 3. The Morgan fingerprint density at radius 2 is 1.92 bits per heavy atom. The van der Waals surface area contributed by atoms with Crippen LogP contribution in [0.3, 0.4) is 0 Å². The zero-order valence-corrected chi connectivity index (χ0v) is 8.37. The molecule has 0 aromatic heterocycles. The summed E-state index contributed by atoms with van der Waals surface area (Å²) in [6, 6.07) is 0. The van der Waals surface area contributed by atoms with Crippen molar-refractivity contribution in [1.82, 2.24) is 0 Å². The minimum Gasteiger partial charge on any atom is -0.478 e. The number of nitrogens with two attached hydrogens (primary N) is 1. The summed E-state index contributed by atoms with van der Waals surface area (Å²) in [5.41, 5.74) is 5.70. The molecule has 0 unspecified atom stereocenters. The maximum atomic E-state index is 10.4. The predicted molar refractivity (Wildman–Crippen MR) is 55.2 cm³/mol. The highest BCUT2D eigenvalue weighted by Crippen LogP contribution is 2.03. The zero-order chi connectivity index (χ0) is 10.9. The lowest BCUT2D eigenvalue weighted by Crippen LogP contribution is -2.09. The average molecular weight is 183 g/mol. The standard InChI is InChI=1S/C8H11NO2.C2H6/c1-3-5-7(9)6(4-2)8(10)11;1-2/h3-5H,1,9H2,2H3,(H,10,11);1-2H3/b6-4+,7-5+;. The minimum absolute atomic E-state index is 0.102. The largest absolute Gasteiger partial charge is 0.478 e. The van der Waals surface area contributed by atoms with E-state index in [0.29, 0.717) is 0 Å². The van der Waals surface area contributed by atoms with Crippen LogP contribution in [0.2, 0.25) is 0 Å². The molecule has 13 heavy (non-hydrogen) atoms. The first kappa shape index (κ1) is 14.0. The Labute approximate surface area is 79.3 Å². The molecule has 0 saturated carbocycles. The van der Waals surface area contributed by atoms with Gasteiger partial charge in [-0.15, -0.1) is 0 Å². The van der Waals surface area contributed by atoms with Gasteiger partial charge in [0.1, 0.15) is 0 Å². The van der Waals surface area contributed by atoms with Gasteiger partial charge in [0, 0.05) is 5.70 Å². The fourth-order valence-electron chi connectivity index (χ4n) is 0.630. The lowest BCUT2D eigenvalue weighted by atomic mass is 10.2. The predicted octanol–water partition coefficient (Wildman–Crippen LogP) is 2.07. The van der Waals surface area contributed by atoms with Gasteiger partial charge in [0.25, 0.3) is 0 Å². The molecule has 0 spiro atoms. The number of hydrogen-bond acceptors (Lipinski definition) is 2. The smallest absolute Gasteiger partial charge is 0.337 e. The molecule has 0 saturated heterocycles. The summed E-state index contributed by atoms with van der Waals surface area (Å²) >= 11 is 0. The molecule has 0 bridgehead atoms. The van der Waals surface area contributed by atoms with Crippen molar-refractivity contribution in [2.45, 2.75) is 20.8 Å². The molecule has 0 aromatic carbocycles. The van der Waals surface area contributed by atoms with Crippen molar-refractivity contribution in [2.24, 2.45) is 5.73 Å². The summed E-state index contributed by atoms with van der Waals surface area (Å²) in [7, 11) is 0. The first-order chi connectivity index (χ1) is 6.13. The quantitative estimate of drug-likeness (QED) is 0.520. The maximum absolute atomic E-state index is 10.4. The van der Waals surface area contributed by atoms with Crippen LogP contribution in [0.5, 0.6) is 0 Å². The Hall–Kier alpha value is -1.51. The van der Waals surface area contributed by atoms with Crippen LogP contribution >= 0.6 is 0 Å². The summed E-state index contributed by atoms with van der Waals surface area (Å²) < 4.78 is 0. The molecule has 0 amide bonds. The van der Waals surface area contributed by atoms with Gasteiger partial charge in [-0.25, -0.2) is 4.79 Å². The summed E-state index contributed by atoms with van der Waals surface area (Å²) in [5.74, 6) is -1.02. The molecule has 0 aliphatic heterocycles. The molecule has 0 fully saturated rings. The monoisotopic (exact) mass is 183 g/mol. The van der Waals surface area contributed by atoms with Gasteiger partial charge in [-0.2, -0.15) is 0 Å². The van der Waals surface area contributed by atoms with Gasteiger partial charge >= 0.3 is 5.97 Å². The fourth-order valence-corrected chi connectivity index (χ4v) is 0.630. The van der Waals surface area contributed by atoms with Crippen molar-refractivity contribution in [3.8, 4) is 0 Å². The third-order valence-electron chi connectivity index (χ3n) is 1.13. The third-order valence-corrected chi connectivity index (χ3v) is 1.13. The first-order valence-corrected chi connectivity index (χ1v) is 4.11. The van der Waals surface area contributed by atoms with Crippen molar-refractivity contribution in [1.29, 1.82) is 0 Å². The molecule has 0 heterocycles. The van der Waals surface area contributed by atoms with Crippen LogP contribution in [0.15, 0.2) is 36.1 Å². The van der Waals surface area contributed by atoms with E-state index >= 15 is 0 Å². The second-order valence-corrected chi connectivity index (χ2v) is 1.87. The molecule has 0 aliphatic carbocycles. The summed E-state index contributed by atoms with van der Waals surface area (Å²) in [6.07, 6.45) is 4.34.